The lowest BCUT2D eigenvalue weighted by Gasteiger charge is -1.97. The first-order valence-electron chi connectivity index (χ1n) is 3.89. The van der Waals surface area contributed by atoms with Crippen molar-refractivity contribution in [2.75, 3.05) is 0 Å². The van der Waals surface area contributed by atoms with Crippen molar-refractivity contribution < 1.29 is 5.11 Å². The smallest absolute Gasteiger partial charge is 0.0873 e. The fourth-order valence-electron chi connectivity index (χ4n) is 1.34. The van der Waals surface area contributed by atoms with Crippen molar-refractivity contribution in [3.63, 3.8) is 0 Å². The fraction of sp³-hybridized carbons (Fsp3) is 0.100. The van der Waals surface area contributed by atoms with Crippen LogP contribution in [-0.2, 0) is 6.61 Å². The summed E-state index contributed by atoms with van der Waals surface area (Å²) in [5.74, 6) is 2.56. The Hall–Kier alpha value is -1.79. The number of nitrogens with zero attached hydrogens (tertiary/aromatic N) is 2. The van der Waals surface area contributed by atoms with Crippen LogP contribution in [0, 0.1) is 12.3 Å². The molecule has 0 spiro atoms. The summed E-state index contributed by atoms with van der Waals surface area (Å²) in [7, 11) is 0. The summed E-state index contributed by atoms with van der Waals surface area (Å²) in [6.07, 6.45) is 8.75. The third kappa shape index (κ3) is 1.08. The van der Waals surface area contributed by atoms with Gasteiger partial charge in [-0.05, 0) is 12.1 Å². The Labute approximate surface area is 75.6 Å². The highest BCUT2D eigenvalue weighted by molar-refractivity contribution is 5.65. The number of rotatable bonds is 1. The molecule has 0 amide bonds. The van der Waals surface area contributed by atoms with Crippen molar-refractivity contribution in [3.8, 4) is 12.3 Å². The Balaban J connectivity index is 2.85. The molecule has 2 aromatic heterocycles. The average molecular weight is 172 g/mol. The lowest BCUT2D eigenvalue weighted by atomic mass is 10.2. The van der Waals surface area contributed by atoms with E-state index < -0.39 is 0 Å². The van der Waals surface area contributed by atoms with E-state index in [0.717, 1.165) is 16.6 Å². The van der Waals surface area contributed by atoms with E-state index in [0.29, 0.717) is 0 Å². The van der Waals surface area contributed by atoms with Gasteiger partial charge in [-0.15, -0.1) is 6.42 Å². The van der Waals surface area contributed by atoms with Crippen LogP contribution in [0.3, 0.4) is 0 Å². The summed E-state index contributed by atoms with van der Waals surface area (Å²) >= 11 is 0. The van der Waals surface area contributed by atoms with E-state index in [1.807, 2.05) is 12.1 Å². The van der Waals surface area contributed by atoms with E-state index >= 15 is 0 Å². The molecule has 0 aromatic carbocycles. The molecule has 2 aromatic rings. The molecule has 0 aliphatic heterocycles. The maximum Gasteiger partial charge on any atom is 0.0873 e. The first kappa shape index (κ1) is 7.84. The van der Waals surface area contributed by atoms with Gasteiger partial charge >= 0.3 is 0 Å². The number of aromatic nitrogens is 2. The van der Waals surface area contributed by atoms with Crippen LogP contribution in [0.15, 0.2) is 24.5 Å². The van der Waals surface area contributed by atoms with Gasteiger partial charge in [0, 0.05) is 11.8 Å². The molecule has 0 saturated carbocycles. The van der Waals surface area contributed by atoms with Gasteiger partial charge in [0.05, 0.1) is 23.9 Å². The Morgan fingerprint density at radius 3 is 3.15 bits per heavy atom. The summed E-state index contributed by atoms with van der Waals surface area (Å²) in [6, 6.07) is 3.66. The van der Waals surface area contributed by atoms with Crippen molar-refractivity contribution in [3.05, 3.63) is 35.7 Å². The highest BCUT2D eigenvalue weighted by Crippen LogP contribution is 2.14. The van der Waals surface area contributed by atoms with Crippen LogP contribution in [0.4, 0.5) is 0 Å². The van der Waals surface area contributed by atoms with Gasteiger partial charge in [0.1, 0.15) is 0 Å². The Morgan fingerprint density at radius 2 is 2.46 bits per heavy atom. The largest absolute Gasteiger partial charge is 0.392 e. The van der Waals surface area contributed by atoms with Gasteiger partial charge < -0.3 is 5.11 Å². The molecule has 0 atom stereocenters. The topological polar surface area (TPSA) is 37.5 Å². The van der Waals surface area contributed by atoms with Crippen LogP contribution in [-0.4, -0.2) is 14.7 Å². The van der Waals surface area contributed by atoms with Crippen LogP contribution in [0.5, 0.6) is 0 Å². The summed E-state index contributed by atoms with van der Waals surface area (Å²) < 4.78 is 1.67. The SMILES string of the molecule is C#Cc1cccn2ncc(CO)c12. The minimum absolute atomic E-state index is 0.0395. The number of fused-ring (bicyclic) bond motifs is 1. The summed E-state index contributed by atoms with van der Waals surface area (Å²) in [6.45, 7) is -0.0395. The minimum Gasteiger partial charge on any atom is -0.392 e. The van der Waals surface area contributed by atoms with Crippen molar-refractivity contribution >= 4 is 5.52 Å². The fourth-order valence-corrected chi connectivity index (χ4v) is 1.34. The highest BCUT2D eigenvalue weighted by atomic mass is 16.3. The normalized spacial score (nSPS) is 10.2. The molecule has 0 bridgehead atoms. The predicted molar refractivity (Wildman–Crippen MR) is 49.0 cm³/mol. The van der Waals surface area contributed by atoms with Gasteiger partial charge in [-0.3, -0.25) is 0 Å². The van der Waals surface area contributed by atoms with E-state index in [9.17, 15) is 0 Å². The second kappa shape index (κ2) is 2.92. The maximum atomic E-state index is 9.02. The van der Waals surface area contributed by atoms with E-state index in [1.165, 1.54) is 0 Å². The molecule has 1 N–H and O–H groups in total. The second-order valence-electron chi connectivity index (χ2n) is 2.69. The summed E-state index contributed by atoms with van der Waals surface area (Å²) in [5.41, 5.74) is 2.32. The molecule has 0 unspecified atom stereocenters. The monoisotopic (exact) mass is 172 g/mol. The summed E-state index contributed by atoms with van der Waals surface area (Å²) in [5, 5.41) is 13.1. The molecule has 2 rings (SSSR count). The molecule has 64 valence electrons. The zero-order valence-corrected chi connectivity index (χ0v) is 6.94. The van der Waals surface area contributed by atoms with Gasteiger partial charge in [-0.25, -0.2) is 4.52 Å². The second-order valence-corrected chi connectivity index (χ2v) is 2.69. The van der Waals surface area contributed by atoms with E-state index in [-0.39, 0.29) is 6.61 Å². The van der Waals surface area contributed by atoms with Crippen molar-refractivity contribution in [2.24, 2.45) is 0 Å². The van der Waals surface area contributed by atoms with Gasteiger partial charge in [0.15, 0.2) is 0 Å². The molecule has 0 fully saturated rings. The van der Waals surface area contributed by atoms with Gasteiger partial charge in [0.25, 0.3) is 0 Å². The van der Waals surface area contributed by atoms with E-state index in [4.69, 9.17) is 11.5 Å². The van der Waals surface area contributed by atoms with Gasteiger partial charge in [0.2, 0.25) is 0 Å². The molecule has 3 heteroatoms. The van der Waals surface area contributed by atoms with E-state index in [1.54, 1.807) is 16.9 Å². The van der Waals surface area contributed by atoms with Crippen LogP contribution >= 0.6 is 0 Å². The lowest BCUT2D eigenvalue weighted by Crippen LogP contribution is -1.90. The molecule has 2 heterocycles. The molecule has 0 saturated heterocycles. The predicted octanol–water partition coefficient (Wildman–Crippen LogP) is 0.808. The third-order valence-electron chi connectivity index (χ3n) is 1.94. The zero-order valence-electron chi connectivity index (χ0n) is 6.94. The number of aliphatic hydroxyl groups is 1. The average Bonchev–Trinajstić information content (AvgIpc) is 2.60. The number of hydrogen-bond acceptors (Lipinski definition) is 2. The van der Waals surface area contributed by atoms with Crippen molar-refractivity contribution in [2.45, 2.75) is 6.61 Å². The number of hydrogen-bond donors (Lipinski definition) is 1. The Kier molecular flexibility index (Phi) is 1.76. The molecule has 13 heavy (non-hydrogen) atoms. The molecular formula is C10H8N2O. The van der Waals surface area contributed by atoms with Crippen LogP contribution in [0.2, 0.25) is 0 Å². The molecule has 0 aliphatic rings. The Bertz CT molecular complexity index is 479. The minimum atomic E-state index is -0.0395. The molecule has 0 aliphatic carbocycles. The summed E-state index contributed by atoms with van der Waals surface area (Å²) in [4.78, 5) is 0. The van der Waals surface area contributed by atoms with Crippen LogP contribution in [0.1, 0.15) is 11.1 Å². The maximum absolute atomic E-state index is 9.02. The highest BCUT2D eigenvalue weighted by Gasteiger charge is 2.05. The van der Waals surface area contributed by atoms with Crippen LogP contribution in [0.25, 0.3) is 5.52 Å². The quantitative estimate of drug-likeness (QED) is 0.646. The van der Waals surface area contributed by atoms with Crippen molar-refractivity contribution in [1.29, 1.82) is 0 Å². The third-order valence-corrected chi connectivity index (χ3v) is 1.94. The lowest BCUT2D eigenvalue weighted by molar-refractivity contribution is 0.283. The zero-order chi connectivity index (χ0) is 9.26. The molecule has 0 radical (unpaired) electrons. The van der Waals surface area contributed by atoms with Crippen molar-refractivity contribution in [1.82, 2.24) is 9.61 Å². The standard InChI is InChI=1S/C10H8N2O/c1-2-8-4-3-5-12-10(8)9(7-13)6-11-12/h1,3-6,13H,7H2. The first-order valence-corrected chi connectivity index (χ1v) is 3.89. The van der Waals surface area contributed by atoms with Gasteiger partial charge in [-0.2, -0.15) is 5.10 Å². The number of aliphatic hydroxyl groups excluding tert-OH is 1. The number of pyridine rings is 1. The van der Waals surface area contributed by atoms with Gasteiger partial charge in [-0.1, -0.05) is 5.92 Å². The molecule has 3 nitrogen and oxygen atoms in total. The van der Waals surface area contributed by atoms with Crippen LogP contribution < -0.4 is 0 Å². The first-order chi connectivity index (χ1) is 6.36. The van der Waals surface area contributed by atoms with E-state index in [2.05, 4.69) is 11.0 Å². The Morgan fingerprint density at radius 1 is 1.62 bits per heavy atom. The molecular weight excluding hydrogens is 164 g/mol. The number of terminal acetylenes is 1.